The zero-order valence-corrected chi connectivity index (χ0v) is 12.1. The first-order valence-corrected chi connectivity index (χ1v) is 6.77. The van der Waals surface area contributed by atoms with E-state index in [1.165, 1.54) is 0 Å². The van der Waals surface area contributed by atoms with Crippen LogP contribution < -0.4 is 5.32 Å². The molecular weight excluding hydrogens is 252 g/mol. The lowest BCUT2D eigenvalue weighted by molar-refractivity contribution is 0.0952. The number of hydrogen-bond donors (Lipinski definition) is 2. The number of benzene rings is 1. The van der Waals surface area contributed by atoms with Gasteiger partial charge in [-0.1, -0.05) is 24.0 Å². The molecule has 0 unspecified atom stereocenters. The lowest BCUT2D eigenvalue weighted by Crippen LogP contribution is -2.27. The van der Waals surface area contributed by atoms with E-state index < -0.39 is 0 Å². The van der Waals surface area contributed by atoms with Crippen molar-refractivity contribution in [3.05, 3.63) is 35.4 Å². The van der Waals surface area contributed by atoms with Gasteiger partial charge in [0.05, 0.1) is 12.2 Å². The zero-order chi connectivity index (χ0) is 14.8. The molecule has 0 bridgehead atoms. The lowest BCUT2D eigenvalue weighted by atomic mass is 10.1. The molecule has 0 aliphatic heterocycles. The molecule has 0 saturated carbocycles. The van der Waals surface area contributed by atoms with E-state index in [9.17, 15) is 4.79 Å². The van der Waals surface area contributed by atoms with Gasteiger partial charge in [-0.2, -0.15) is 0 Å². The van der Waals surface area contributed by atoms with Gasteiger partial charge < -0.3 is 15.3 Å². The topological polar surface area (TPSA) is 52.6 Å². The van der Waals surface area contributed by atoms with Gasteiger partial charge in [0.1, 0.15) is 0 Å². The van der Waals surface area contributed by atoms with Crippen LogP contribution in [0.4, 0.5) is 0 Å². The molecule has 4 heteroatoms. The van der Waals surface area contributed by atoms with Crippen LogP contribution in [-0.2, 0) is 0 Å². The fraction of sp³-hybridized carbons (Fsp3) is 0.438. The molecule has 4 nitrogen and oxygen atoms in total. The normalized spacial score (nSPS) is 10.0. The Labute approximate surface area is 120 Å². The van der Waals surface area contributed by atoms with E-state index in [1.807, 2.05) is 32.3 Å². The third-order valence-corrected chi connectivity index (χ3v) is 2.70. The van der Waals surface area contributed by atoms with E-state index in [2.05, 4.69) is 22.1 Å². The SMILES string of the molecule is CN(C)CCCNC(=O)c1ccccc1C#CCCO. The highest BCUT2D eigenvalue weighted by atomic mass is 16.2. The van der Waals surface area contributed by atoms with E-state index in [4.69, 9.17) is 5.11 Å². The Morgan fingerprint density at radius 2 is 2.10 bits per heavy atom. The van der Waals surface area contributed by atoms with E-state index in [-0.39, 0.29) is 12.5 Å². The predicted molar refractivity (Wildman–Crippen MR) is 80.5 cm³/mol. The number of nitrogens with one attached hydrogen (secondary N) is 1. The van der Waals surface area contributed by atoms with Crippen LogP contribution in [0.1, 0.15) is 28.8 Å². The fourth-order valence-electron chi connectivity index (χ4n) is 1.70. The molecule has 0 radical (unpaired) electrons. The molecule has 0 aliphatic carbocycles. The number of carbonyl (C=O) groups excluding carboxylic acids is 1. The Hall–Kier alpha value is -1.83. The van der Waals surface area contributed by atoms with Crippen molar-refractivity contribution in [3.8, 4) is 11.8 Å². The van der Waals surface area contributed by atoms with Gasteiger partial charge in [0.15, 0.2) is 0 Å². The maximum Gasteiger partial charge on any atom is 0.252 e. The van der Waals surface area contributed by atoms with Gasteiger partial charge >= 0.3 is 0 Å². The lowest BCUT2D eigenvalue weighted by Gasteiger charge is -2.10. The number of hydrogen-bond acceptors (Lipinski definition) is 3. The first-order valence-electron chi connectivity index (χ1n) is 6.77. The average molecular weight is 274 g/mol. The van der Waals surface area contributed by atoms with Crippen molar-refractivity contribution < 1.29 is 9.90 Å². The van der Waals surface area contributed by atoms with Crippen molar-refractivity contribution in [2.75, 3.05) is 33.8 Å². The number of rotatable bonds is 6. The minimum atomic E-state index is -0.0994. The van der Waals surface area contributed by atoms with Crippen LogP contribution in [0.5, 0.6) is 0 Å². The largest absolute Gasteiger partial charge is 0.395 e. The summed E-state index contributed by atoms with van der Waals surface area (Å²) in [5.74, 6) is 5.67. The summed E-state index contributed by atoms with van der Waals surface area (Å²) in [6.45, 7) is 1.62. The second kappa shape index (κ2) is 9.13. The van der Waals surface area contributed by atoms with E-state index >= 15 is 0 Å². The number of nitrogens with zero attached hydrogens (tertiary/aromatic N) is 1. The fourth-order valence-corrected chi connectivity index (χ4v) is 1.70. The molecule has 0 aliphatic rings. The van der Waals surface area contributed by atoms with Gasteiger partial charge in [-0.3, -0.25) is 4.79 Å². The molecule has 0 aromatic heterocycles. The summed E-state index contributed by atoms with van der Waals surface area (Å²) in [6.07, 6.45) is 1.33. The Morgan fingerprint density at radius 3 is 2.80 bits per heavy atom. The molecule has 108 valence electrons. The summed E-state index contributed by atoms with van der Waals surface area (Å²) >= 11 is 0. The van der Waals surface area contributed by atoms with Gasteiger partial charge in [-0.05, 0) is 39.2 Å². The first kappa shape index (κ1) is 16.2. The Balaban J connectivity index is 2.61. The average Bonchev–Trinajstić information content (AvgIpc) is 2.44. The van der Waals surface area contributed by atoms with Crippen molar-refractivity contribution in [1.29, 1.82) is 0 Å². The van der Waals surface area contributed by atoms with Crippen LogP contribution in [0.15, 0.2) is 24.3 Å². The van der Waals surface area contributed by atoms with Crippen LogP contribution in [0.25, 0.3) is 0 Å². The van der Waals surface area contributed by atoms with Crippen LogP contribution in [-0.4, -0.2) is 49.7 Å². The number of carbonyl (C=O) groups is 1. The monoisotopic (exact) mass is 274 g/mol. The first-order chi connectivity index (χ1) is 9.65. The molecule has 1 amide bonds. The minimum absolute atomic E-state index is 0.0336. The van der Waals surface area contributed by atoms with Crippen molar-refractivity contribution >= 4 is 5.91 Å². The van der Waals surface area contributed by atoms with Crippen LogP contribution >= 0.6 is 0 Å². The maximum absolute atomic E-state index is 12.1. The Morgan fingerprint density at radius 1 is 1.35 bits per heavy atom. The maximum atomic E-state index is 12.1. The summed E-state index contributed by atoms with van der Waals surface area (Å²) in [5.41, 5.74) is 1.29. The second-order valence-electron chi connectivity index (χ2n) is 4.73. The molecule has 0 spiro atoms. The molecule has 0 fully saturated rings. The summed E-state index contributed by atoms with van der Waals surface area (Å²) in [6, 6.07) is 7.26. The smallest absolute Gasteiger partial charge is 0.252 e. The van der Waals surface area contributed by atoms with Gasteiger partial charge in [0.25, 0.3) is 5.91 Å². The third-order valence-electron chi connectivity index (χ3n) is 2.70. The second-order valence-corrected chi connectivity index (χ2v) is 4.73. The highest BCUT2D eigenvalue weighted by molar-refractivity contribution is 5.96. The molecule has 20 heavy (non-hydrogen) atoms. The van der Waals surface area contributed by atoms with Crippen molar-refractivity contribution in [3.63, 3.8) is 0 Å². The van der Waals surface area contributed by atoms with E-state index in [0.29, 0.717) is 24.1 Å². The Kier molecular flexibility index (Phi) is 7.41. The number of aliphatic hydroxyl groups excluding tert-OH is 1. The van der Waals surface area contributed by atoms with Crippen LogP contribution in [0.2, 0.25) is 0 Å². The van der Waals surface area contributed by atoms with Gasteiger partial charge in [0.2, 0.25) is 0 Å². The Bertz CT molecular complexity index is 487. The highest BCUT2D eigenvalue weighted by Gasteiger charge is 2.08. The van der Waals surface area contributed by atoms with Crippen molar-refractivity contribution in [2.24, 2.45) is 0 Å². The van der Waals surface area contributed by atoms with Gasteiger partial charge in [-0.25, -0.2) is 0 Å². The molecule has 1 rings (SSSR count). The molecule has 1 aromatic rings. The quantitative estimate of drug-likeness (QED) is 0.603. The number of aliphatic hydroxyl groups is 1. The van der Waals surface area contributed by atoms with E-state index in [0.717, 1.165) is 13.0 Å². The molecule has 2 N–H and O–H groups in total. The zero-order valence-electron chi connectivity index (χ0n) is 12.1. The van der Waals surface area contributed by atoms with Gasteiger partial charge in [0, 0.05) is 18.5 Å². The molecule has 0 heterocycles. The highest BCUT2D eigenvalue weighted by Crippen LogP contribution is 2.07. The molecular formula is C16H22N2O2. The molecule has 0 saturated heterocycles. The predicted octanol–water partition coefficient (Wildman–Crippen LogP) is 1.10. The molecule has 1 aromatic carbocycles. The van der Waals surface area contributed by atoms with Crippen LogP contribution in [0.3, 0.4) is 0 Å². The third kappa shape index (κ3) is 5.87. The summed E-state index contributed by atoms with van der Waals surface area (Å²) in [4.78, 5) is 14.2. The standard InChI is InChI=1S/C16H22N2O2/c1-18(2)12-7-11-17-16(20)15-10-4-3-8-14(15)9-5-6-13-19/h3-4,8,10,19H,6-7,11-13H2,1-2H3,(H,17,20). The van der Waals surface area contributed by atoms with Crippen molar-refractivity contribution in [1.82, 2.24) is 10.2 Å². The van der Waals surface area contributed by atoms with Crippen LogP contribution in [0, 0.1) is 11.8 Å². The van der Waals surface area contributed by atoms with E-state index in [1.54, 1.807) is 6.07 Å². The summed E-state index contributed by atoms with van der Waals surface area (Å²) < 4.78 is 0. The van der Waals surface area contributed by atoms with Crippen molar-refractivity contribution in [2.45, 2.75) is 12.8 Å². The summed E-state index contributed by atoms with van der Waals surface area (Å²) in [7, 11) is 4.02. The molecule has 0 atom stereocenters. The summed E-state index contributed by atoms with van der Waals surface area (Å²) in [5, 5.41) is 11.6. The minimum Gasteiger partial charge on any atom is -0.395 e. The number of amides is 1. The van der Waals surface area contributed by atoms with Gasteiger partial charge in [-0.15, -0.1) is 0 Å².